The van der Waals surface area contributed by atoms with Gasteiger partial charge in [-0.25, -0.2) is 0 Å². The highest BCUT2D eigenvalue weighted by atomic mass is 16.2. The summed E-state index contributed by atoms with van der Waals surface area (Å²) < 4.78 is 0. The van der Waals surface area contributed by atoms with Crippen LogP contribution < -0.4 is 16.4 Å². The molecule has 0 bridgehead atoms. The highest BCUT2D eigenvalue weighted by Gasteiger charge is 2.37. The van der Waals surface area contributed by atoms with E-state index in [1.165, 1.54) is 0 Å². The van der Waals surface area contributed by atoms with E-state index in [9.17, 15) is 9.59 Å². The molecule has 5 heteroatoms. The van der Waals surface area contributed by atoms with Crippen LogP contribution in [0.1, 0.15) is 52.0 Å². The van der Waals surface area contributed by atoms with Crippen LogP contribution in [0.15, 0.2) is 24.3 Å². The van der Waals surface area contributed by atoms with Gasteiger partial charge in [0, 0.05) is 23.7 Å². The SMILES string of the molecule is CC(C)C(=O)Nc1ccc(CNC(=O)C2CCCCC2(C)N)cc1. The Morgan fingerprint density at radius 3 is 2.50 bits per heavy atom. The van der Waals surface area contributed by atoms with Crippen molar-refractivity contribution in [1.29, 1.82) is 0 Å². The molecule has 1 fully saturated rings. The van der Waals surface area contributed by atoms with E-state index < -0.39 is 5.54 Å². The highest BCUT2D eigenvalue weighted by Crippen LogP contribution is 2.31. The van der Waals surface area contributed by atoms with Gasteiger partial charge in [-0.1, -0.05) is 38.8 Å². The summed E-state index contributed by atoms with van der Waals surface area (Å²) in [5, 5.41) is 5.85. The minimum Gasteiger partial charge on any atom is -0.352 e. The number of benzene rings is 1. The second-order valence-corrected chi connectivity index (χ2v) is 7.36. The van der Waals surface area contributed by atoms with Gasteiger partial charge in [0.05, 0.1) is 5.92 Å². The maximum atomic E-state index is 12.4. The second kappa shape index (κ2) is 7.79. The lowest BCUT2D eigenvalue weighted by atomic mass is 9.74. The number of carbonyl (C=O) groups is 2. The maximum absolute atomic E-state index is 12.4. The fourth-order valence-electron chi connectivity index (χ4n) is 3.09. The van der Waals surface area contributed by atoms with E-state index in [4.69, 9.17) is 5.73 Å². The van der Waals surface area contributed by atoms with E-state index in [1.54, 1.807) is 0 Å². The van der Waals surface area contributed by atoms with Gasteiger partial charge in [-0.3, -0.25) is 9.59 Å². The molecule has 1 saturated carbocycles. The Labute approximate surface area is 144 Å². The number of nitrogens with two attached hydrogens (primary N) is 1. The van der Waals surface area contributed by atoms with Crippen molar-refractivity contribution in [2.45, 2.75) is 58.5 Å². The topological polar surface area (TPSA) is 84.2 Å². The monoisotopic (exact) mass is 331 g/mol. The first kappa shape index (κ1) is 18.5. The Balaban J connectivity index is 1.88. The molecule has 1 aliphatic rings. The van der Waals surface area contributed by atoms with E-state index >= 15 is 0 Å². The quantitative estimate of drug-likeness (QED) is 0.775. The average molecular weight is 331 g/mol. The predicted octanol–water partition coefficient (Wildman–Crippen LogP) is 2.80. The second-order valence-electron chi connectivity index (χ2n) is 7.36. The molecule has 0 spiro atoms. The van der Waals surface area contributed by atoms with Gasteiger partial charge in [0.1, 0.15) is 0 Å². The summed E-state index contributed by atoms with van der Waals surface area (Å²) in [4.78, 5) is 24.1. The van der Waals surface area contributed by atoms with E-state index in [2.05, 4.69) is 10.6 Å². The van der Waals surface area contributed by atoms with Gasteiger partial charge in [-0.2, -0.15) is 0 Å². The number of rotatable bonds is 5. The largest absolute Gasteiger partial charge is 0.352 e. The molecule has 1 aromatic rings. The summed E-state index contributed by atoms with van der Waals surface area (Å²) in [7, 11) is 0. The fraction of sp³-hybridized carbons (Fsp3) is 0.579. The molecule has 24 heavy (non-hydrogen) atoms. The van der Waals surface area contributed by atoms with Crippen molar-refractivity contribution in [3.63, 3.8) is 0 Å². The number of hydrogen-bond acceptors (Lipinski definition) is 3. The number of anilines is 1. The van der Waals surface area contributed by atoms with Crippen LogP contribution in [0.5, 0.6) is 0 Å². The van der Waals surface area contributed by atoms with Gasteiger partial charge in [0.15, 0.2) is 0 Å². The molecule has 2 amide bonds. The van der Waals surface area contributed by atoms with E-state index in [0.29, 0.717) is 6.54 Å². The van der Waals surface area contributed by atoms with E-state index in [1.807, 2.05) is 45.0 Å². The summed E-state index contributed by atoms with van der Waals surface area (Å²) in [6.07, 6.45) is 3.92. The molecule has 1 aromatic carbocycles. The van der Waals surface area contributed by atoms with Crippen LogP contribution >= 0.6 is 0 Å². The molecular weight excluding hydrogens is 302 g/mol. The first-order chi connectivity index (χ1) is 11.3. The zero-order chi connectivity index (χ0) is 17.7. The summed E-state index contributed by atoms with van der Waals surface area (Å²) in [5.41, 5.74) is 7.64. The van der Waals surface area contributed by atoms with Crippen molar-refractivity contribution in [3.8, 4) is 0 Å². The molecular formula is C19H29N3O2. The molecule has 2 atom stereocenters. The van der Waals surface area contributed by atoms with Crippen LogP contribution in [-0.4, -0.2) is 17.4 Å². The van der Waals surface area contributed by atoms with Crippen LogP contribution in [-0.2, 0) is 16.1 Å². The number of hydrogen-bond donors (Lipinski definition) is 3. The van der Waals surface area contributed by atoms with Gasteiger partial charge in [-0.05, 0) is 37.5 Å². The fourth-order valence-corrected chi connectivity index (χ4v) is 3.09. The molecule has 0 aliphatic heterocycles. The van der Waals surface area contributed by atoms with Gasteiger partial charge in [-0.15, -0.1) is 0 Å². The minimum atomic E-state index is -0.409. The Hall–Kier alpha value is -1.88. The van der Waals surface area contributed by atoms with Crippen LogP contribution in [0.4, 0.5) is 5.69 Å². The molecule has 4 N–H and O–H groups in total. The summed E-state index contributed by atoms with van der Waals surface area (Å²) in [6.45, 7) is 6.16. The lowest BCUT2D eigenvalue weighted by Gasteiger charge is -2.37. The third kappa shape index (κ3) is 4.81. The first-order valence-corrected chi connectivity index (χ1v) is 8.76. The first-order valence-electron chi connectivity index (χ1n) is 8.76. The van der Waals surface area contributed by atoms with Crippen molar-refractivity contribution in [3.05, 3.63) is 29.8 Å². The number of amides is 2. The zero-order valence-electron chi connectivity index (χ0n) is 14.9. The Kier molecular flexibility index (Phi) is 5.99. The smallest absolute Gasteiger partial charge is 0.226 e. The molecule has 2 rings (SSSR count). The van der Waals surface area contributed by atoms with Crippen molar-refractivity contribution < 1.29 is 9.59 Å². The maximum Gasteiger partial charge on any atom is 0.226 e. The standard InChI is InChI=1S/C19H29N3O2/c1-13(2)17(23)22-15-9-7-14(8-10-15)12-21-18(24)16-6-4-5-11-19(16,3)20/h7-10,13,16H,4-6,11-12,20H2,1-3H3,(H,21,24)(H,22,23). The molecule has 132 valence electrons. The van der Waals surface area contributed by atoms with Crippen LogP contribution in [0.2, 0.25) is 0 Å². The van der Waals surface area contributed by atoms with Crippen molar-refractivity contribution in [1.82, 2.24) is 5.32 Å². The molecule has 5 nitrogen and oxygen atoms in total. The Bertz CT molecular complexity index is 579. The Morgan fingerprint density at radius 1 is 1.25 bits per heavy atom. The minimum absolute atomic E-state index is 0.00409. The predicted molar refractivity (Wildman–Crippen MR) is 96.3 cm³/mol. The number of nitrogens with one attached hydrogen (secondary N) is 2. The zero-order valence-corrected chi connectivity index (χ0v) is 14.9. The third-order valence-corrected chi connectivity index (χ3v) is 4.78. The average Bonchev–Trinajstić information content (AvgIpc) is 2.53. The van der Waals surface area contributed by atoms with E-state index in [-0.39, 0.29) is 23.7 Å². The lowest BCUT2D eigenvalue weighted by molar-refractivity contribution is -0.128. The summed E-state index contributed by atoms with van der Waals surface area (Å²) in [6, 6.07) is 7.54. The molecule has 2 unspecified atom stereocenters. The Morgan fingerprint density at radius 2 is 1.92 bits per heavy atom. The molecule has 0 saturated heterocycles. The third-order valence-electron chi connectivity index (χ3n) is 4.78. The van der Waals surface area contributed by atoms with E-state index in [0.717, 1.165) is 36.9 Å². The van der Waals surface area contributed by atoms with Crippen LogP contribution in [0, 0.1) is 11.8 Å². The highest BCUT2D eigenvalue weighted by molar-refractivity contribution is 5.92. The van der Waals surface area contributed by atoms with Crippen molar-refractivity contribution in [2.75, 3.05) is 5.32 Å². The van der Waals surface area contributed by atoms with Crippen molar-refractivity contribution in [2.24, 2.45) is 17.6 Å². The van der Waals surface area contributed by atoms with Crippen molar-refractivity contribution >= 4 is 17.5 Å². The molecule has 0 aromatic heterocycles. The van der Waals surface area contributed by atoms with Gasteiger partial charge in [0.25, 0.3) is 0 Å². The summed E-state index contributed by atoms with van der Waals surface area (Å²) in [5.74, 6) is -0.131. The lowest BCUT2D eigenvalue weighted by Crippen LogP contribution is -2.52. The molecule has 1 aliphatic carbocycles. The normalized spacial score (nSPS) is 23.8. The summed E-state index contributed by atoms with van der Waals surface area (Å²) >= 11 is 0. The molecule has 0 radical (unpaired) electrons. The van der Waals surface area contributed by atoms with Gasteiger partial charge < -0.3 is 16.4 Å². The van der Waals surface area contributed by atoms with Crippen LogP contribution in [0.3, 0.4) is 0 Å². The molecule has 0 heterocycles. The van der Waals surface area contributed by atoms with Gasteiger partial charge >= 0.3 is 0 Å². The van der Waals surface area contributed by atoms with Gasteiger partial charge in [0.2, 0.25) is 11.8 Å². The number of carbonyl (C=O) groups excluding carboxylic acids is 2. The van der Waals surface area contributed by atoms with Crippen LogP contribution in [0.25, 0.3) is 0 Å².